The van der Waals surface area contributed by atoms with Crippen LogP contribution in [0, 0.1) is 6.92 Å². The highest BCUT2D eigenvalue weighted by molar-refractivity contribution is 5.97. The van der Waals surface area contributed by atoms with Crippen LogP contribution in [0.2, 0.25) is 0 Å². The molecular weight excluding hydrogens is 386 g/mol. The Morgan fingerprint density at radius 3 is 2.80 bits per heavy atom. The fraction of sp³-hybridized carbons (Fsp3) is 0.263. The molecule has 30 heavy (non-hydrogen) atoms. The molecule has 0 aliphatic heterocycles. The van der Waals surface area contributed by atoms with E-state index in [9.17, 15) is 4.79 Å². The van der Waals surface area contributed by atoms with E-state index >= 15 is 0 Å². The van der Waals surface area contributed by atoms with Crippen molar-refractivity contribution in [2.75, 3.05) is 26.0 Å². The first kappa shape index (κ1) is 19.5. The van der Waals surface area contributed by atoms with Crippen LogP contribution in [0.5, 0.6) is 0 Å². The van der Waals surface area contributed by atoms with Crippen LogP contribution in [-0.2, 0) is 4.74 Å². The molecule has 4 rings (SSSR count). The Labute approximate surface area is 171 Å². The van der Waals surface area contributed by atoms with Crippen LogP contribution in [0.4, 0.5) is 5.82 Å². The highest BCUT2D eigenvalue weighted by Crippen LogP contribution is 2.26. The van der Waals surface area contributed by atoms with Crippen LogP contribution in [0.25, 0.3) is 22.7 Å². The number of carbonyl (C=O) groups is 1. The van der Waals surface area contributed by atoms with E-state index in [2.05, 4.69) is 30.5 Å². The second-order valence-corrected chi connectivity index (χ2v) is 6.60. The van der Waals surface area contributed by atoms with Gasteiger partial charge in [-0.2, -0.15) is 10.2 Å². The number of nitrogens with two attached hydrogens (primary N) is 1. The van der Waals surface area contributed by atoms with E-state index in [0.29, 0.717) is 31.1 Å². The predicted molar refractivity (Wildman–Crippen MR) is 109 cm³/mol. The lowest BCUT2D eigenvalue weighted by molar-refractivity contribution is 0.0944. The third-order valence-corrected chi connectivity index (χ3v) is 4.50. The number of ether oxygens (including phenoxy) is 1. The first-order valence-corrected chi connectivity index (χ1v) is 9.34. The van der Waals surface area contributed by atoms with E-state index < -0.39 is 5.91 Å². The molecule has 0 fully saturated rings. The fourth-order valence-corrected chi connectivity index (χ4v) is 3.01. The van der Waals surface area contributed by atoms with Crippen LogP contribution in [0.3, 0.4) is 0 Å². The van der Waals surface area contributed by atoms with Crippen molar-refractivity contribution < 1.29 is 9.53 Å². The SMILES string of the molecule is COCCCNC(=O)c1nc(-c2ccc3ncc(C)n3c2)c(-n2nccn2)nc1N. The summed E-state index contributed by atoms with van der Waals surface area (Å²) in [4.78, 5) is 27.3. The number of hydrogen-bond acceptors (Lipinski definition) is 8. The summed E-state index contributed by atoms with van der Waals surface area (Å²) in [6.45, 7) is 2.93. The Morgan fingerprint density at radius 1 is 1.23 bits per heavy atom. The second-order valence-electron chi connectivity index (χ2n) is 6.60. The van der Waals surface area contributed by atoms with Gasteiger partial charge in [-0.05, 0) is 25.5 Å². The van der Waals surface area contributed by atoms with E-state index in [0.717, 1.165) is 16.9 Å². The summed E-state index contributed by atoms with van der Waals surface area (Å²) in [5, 5.41) is 11.1. The maximum atomic E-state index is 12.6. The van der Waals surface area contributed by atoms with Crippen molar-refractivity contribution in [2.24, 2.45) is 0 Å². The molecule has 11 nitrogen and oxygen atoms in total. The molecule has 0 bridgehead atoms. The Hall–Kier alpha value is -3.86. The molecule has 0 aliphatic rings. The van der Waals surface area contributed by atoms with Gasteiger partial charge in [-0.25, -0.2) is 15.0 Å². The summed E-state index contributed by atoms with van der Waals surface area (Å²) >= 11 is 0. The summed E-state index contributed by atoms with van der Waals surface area (Å²) < 4.78 is 6.93. The largest absolute Gasteiger partial charge is 0.385 e. The maximum Gasteiger partial charge on any atom is 0.273 e. The molecule has 0 radical (unpaired) electrons. The smallest absolute Gasteiger partial charge is 0.273 e. The van der Waals surface area contributed by atoms with Crippen molar-refractivity contribution in [3.63, 3.8) is 0 Å². The highest BCUT2D eigenvalue weighted by atomic mass is 16.5. The molecule has 1 amide bonds. The Morgan fingerprint density at radius 2 is 2.03 bits per heavy atom. The van der Waals surface area contributed by atoms with Gasteiger partial charge in [-0.3, -0.25) is 4.79 Å². The molecule has 0 aliphatic carbocycles. The van der Waals surface area contributed by atoms with Crippen molar-refractivity contribution in [2.45, 2.75) is 13.3 Å². The minimum atomic E-state index is -0.405. The molecule has 4 aromatic heterocycles. The molecule has 4 heterocycles. The van der Waals surface area contributed by atoms with Crippen LogP contribution in [0.1, 0.15) is 22.6 Å². The number of imidazole rings is 1. The Bertz CT molecular complexity index is 1180. The van der Waals surface area contributed by atoms with Crippen LogP contribution < -0.4 is 11.1 Å². The van der Waals surface area contributed by atoms with Crippen LogP contribution in [0.15, 0.2) is 36.9 Å². The van der Waals surface area contributed by atoms with Crippen molar-refractivity contribution in [3.8, 4) is 17.1 Å². The molecule has 0 saturated carbocycles. The Kier molecular flexibility index (Phi) is 5.35. The minimum absolute atomic E-state index is 0.00446. The van der Waals surface area contributed by atoms with Gasteiger partial charge < -0.3 is 20.2 Å². The second kappa shape index (κ2) is 8.25. The summed E-state index contributed by atoms with van der Waals surface area (Å²) in [6.07, 6.45) is 7.39. The highest BCUT2D eigenvalue weighted by Gasteiger charge is 2.21. The van der Waals surface area contributed by atoms with Gasteiger partial charge in [-0.1, -0.05) is 0 Å². The summed E-state index contributed by atoms with van der Waals surface area (Å²) in [5.74, 6) is -0.0852. The number of nitrogens with zero attached hydrogens (tertiary/aromatic N) is 7. The molecule has 0 saturated heterocycles. The number of nitrogens with one attached hydrogen (secondary N) is 1. The molecular formula is C19H21N9O2. The normalized spacial score (nSPS) is 11.1. The van der Waals surface area contributed by atoms with E-state index in [1.54, 1.807) is 13.3 Å². The average molecular weight is 407 g/mol. The third kappa shape index (κ3) is 3.70. The first-order valence-electron chi connectivity index (χ1n) is 9.34. The monoisotopic (exact) mass is 407 g/mol. The van der Waals surface area contributed by atoms with Gasteiger partial charge in [0.25, 0.3) is 5.91 Å². The zero-order valence-electron chi connectivity index (χ0n) is 16.6. The van der Waals surface area contributed by atoms with Crippen molar-refractivity contribution in [1.29, 1.82) is 0 Å². The molecule has 154 valence electrons. The number of pyridine rings is 1. The number of nitrogen functional groups attached to an aromatic ring is 1. The molecule has 3 N–H and O–H groups in total. The molecule has 4 aromatic rings. The zero-order chi connectivity index (χ0) is 21.1. The van der Waals surface area contributed by atoms with Crippen molar-refractivity contribution in [1.82, 2.24) is 39.7 Å². The van der Waals surface area contributed by atoms with Gasteiger partial charge in [0.05, 0.1) is 12.4 Å². The fourth-order valence-electron chi connectivity index (χ4n) is 3.01. The van der Waals surface area contributed by atoms with Crippen molar-refractivity contribution in [3.05, 3.63) is 48.3 Å². The average Bonchev–Trinajstić information content (AvgIpc) is 3.41. The van der Waals surface area contributed by atoms with Gasteiger partial charge in [0.15, 0.2) is 11.5 Å². The summed E-state index contributed by atoms with van der Waals surface area (Å²) in [7, 11) is 1.61. The molecule has 0 aromatic carbocycles. The van der Waals surface area contributed by atoms with E-state index in [-0.39, 0.29) is 11.5 Å². The number of rotatable bonds is 7. The van der Waals surface area contributed by atoms with Gasteiger partial charge in [0, 0.05) is 43.9 Å². The van der Waals surface area contributed by atoms with E-state index in [1.165, 1.54) is 17.2 Å². The first-order chi connectivity index (χ1) is 14.6. The number of fused-ring (bicyclic) bond motifs is 1. The molecule has 11 heteroatoms. The number of hydrogen-bond donors (Lipinski definition) is 2. The minimum Gasteiger partial charge on any atom is -0.385 e. The standard InChI is InChI=1S/C19H21N9O2/c1-12-10-22-14-5-4-13(11-27(12)14)15-18(28-23-7-8-24-28)26-17(20)16(25-15)19(29)21-6-3-9-30-2/h4-5,7-8,10-11H,3,6,9H2,1-2H3,(H2,20,26)(H,21,29). The van der Waals surface area contributed by atoms with Crippen LogP contribution in [-0.4, -0.2) is 60.5 Å². The Balaban J connectivity index is 1.79. The van der Waals surface area contributed by atoms with Crippen molar-refractivity contribution >= 4 is 17.4 Å². The number of aromatic nitrogens is 7. The number of aryl methyl sites for hydroxylation is 1. The van der Waals surface area contributed by atoms with E-state index in [1.807, 2.05) is 29.7 Å². The van der Waals surface area contributed by atoms with E-state index in [4.69, 9.17) is 10.5 Å². The lowest BCUT2D eigenvalue weighted by atomic mass is 10.2. The molecule has 0 atom stereocenters. The molecule has 0 spiro atoms. The predicted octanol–water partition coefficient (Wildman–Crippen LogP) is 1.03. The lowest BCUT2D eigenvalue weighted by Crippen LogP contribution is -2.28. The van der Waals surface area contributed by atoms with Gasteiger partial charge in [0.2, 0.25) is 5.82 Å². The maximum absolute atomic E-state index is 12.6. The summed E-state index contributed by atoms with van der Waals surface area (Å²) in [6, 6.07) is 3.72. The number of amides is 1. The topological polar surface area (TPSA) is 138 Å². The van der Waals surface area contributed by atoms with Crippen LogP contribution >= 0.6 is 0 Å². The van der Waals surface area contributed by atoms with Gasteiger partial charge in [0.1, 0.15) is 11.3 Å². The van der Waals surface area contributed by atoms with Gasteiger partial charge in [-0.15, -0.1) is 4.80 Å². The lowest BCUT2D eigenvalue weighted by Gasteiger charge is -2.12. The zero-order valence-corrected chi connectivity index (χ0v) is 16.6. The number of carbonyl (C=O) groups excluding carboxylic acids is 1. The third-order valence-electron chi connectivity index (χ3n) is 4.50. The molecule has 0 unspecified atom stereocenters. The number of anilines is 1. The van der Waals surface area contributed by atoms with Gasteiger partial charge >= 0.3 is 0 Å². The number of methoxy groups -OCH3 is 1. The summed E-state index contributed by atoms with van der Waals surface area (Å²) in [5.41, 5.74) is 9.01. The quantitative estimate of drug-likeness (QED) is 0.433.